The Balaban J connectivity index is 1.75. The van der Waals surface area contributed by atoms with Crippen LogP contribution in [0, 0.1) is 0 Å². The molecule has 0 bridgehead atoms. The number of methoxy groups -OCH3 is 1. The molecule has 31 heavy (non-hydrogen) atoms. The predicted octanol–water partition coefficient (Wildman–Crippen LogP) is 4.85. The number of hydrogen-bond donors (Lipinski definition) is 1. The summed E-state index contributed by atoms with van der Waals surface area (Å²) >= 11 is 1.35. The molecule has 0 fully saturated rings. The fourth-order valence-electron chi connectivity index (χ4n) is 3.63. The number of fused-ring (bicyclic) bond motifs is 1. The highest BCUT2D eigenvalue weighted by Gasteiger charge is 2.34. The second kappa shape index (κ2) is 8.36. The zero-order valence-corrected chi connectivity index (χ0v) is 19.0. The number of carbonyl (C=O) groups excluding carboxylic acids is 1. The van der Waals surface area contributed by atoms with Crippen molar-refractivity contribution in [3.8, 4) is 11.5 Å². The van der Waals surface area contributed by atoms with E-state index in [4.69, 9.17) is 9.47 Å². The van der Waals surface area contributed by atoms with Gasteiger partial charge in [0, 0.05) is 22.6 Å². The Labute approximate surface area is 185 Å². The first kappa shape index (κ1) is 21.4. The van der Waals surface area contributed by atoms with Gasteiger partial charge in [0.25, 0.3) is 0 Å². The molecule has 1 N–H and O–H groups in total. The summed E-state index contributed by atoms with van der Waals surface area (Å²) in [5.74, 6) is 0.854. The van der Waals surface area contributed by atoms with Crippen molar-refractivity contribution in [2.24, 2.45) is 0 Å². The molecule has 0 radical (unpaired) electrons. The molecule has 0 saturated carbocycles. The zero-order valence-electron chi connectivity index (χ0n) is 17.4. The van der Waals surface area contributed by atoms with E-state index in [0.717, 1.165) is 16.2 Å². The molecule has 0 spiro atoms. The molecule has 3 aromatic rings. The van der Waals surface area contributed by atoms with Crippen molar-refractivity contribution in [2.45, 2.75) is 42.1 Å². The number of amides is 1. The van der Waals surface area contributed by atoms with Crippen LogP contribution in [-0.4, -0.2) is 27.5 Å². The maximum atomic E-state index is 13.3. The largest absolute Gasteiger partial charge is 0.497 e. The van der Waals surface area contributed by atoms with E-state index in [0.29, 0.717) is 11.4 Å². The summed E-state index contributed by atoms with van der Waals surface area (Å²) < 4.78 is 37.5. The first-order chi connectivity index (χ1) is 14.8. The van der Waals surface area contributed by atoms with Crippen molar-refractivity contribution in [1.82, 2.24) is 0 Å². The smallest absolute Gasteiger partial charge is 0.225 e. The molecular formula is C23H23NO5S2. The predicted molar refractivity (Wildman–Crippen MR) is 120 cm³/mol. The van der Waals surface area contributed by atoms with E-state index in [1.54, 1.807) is 17.5 Å². The fourth-order valence-corrected chi connectivity index (χ4v) is 6.54. The van der Waals surface area contributed by atoms with Crippen LogP contribution in [0.2, 0.25) is 0 Å². The normalized spacial score (nSPS) is 16.0. The minimum absolute atomic E-state index is 0.0310. The van der Waals surface area contributed by atoms with Crippen molar-refractivity contribution in [2.75, 3.05) is 12.4 Å². The average Bonchev–Trinajstić information content (AvgIpc) is 3.17. The molecule has 0 saturated heterocycles. The van der Waals surface area contributed by atoms with Gasteiger partial charge in [0.05, 0.1) is 23.8 Å². The quantitative estimate of drug-likeness (QED) is 0.572. The van der Waals surface area contributed by atoms with Gasteiger partial charge in [0.2, 0.25) is 15.7 Å². The molecule has 162 valence electrons. The van der Waals surface area contributed by atoms with Crippen LogP contribution in [0.25, 0.3) is 0 Å². The lowest BCUT2D eigenvalue weighted by atomic mass is 9.90. The summed E-state index contributed by atoms with van der Waals surface area (Å²) in [5, 5.41) is 4.40. The number of anilines is 1. The van der Waals surface area contributed by atoms with Gasteiger partial charge in [-0.2, -0.15) is 0 Å². The van der Waals surface area contributed by atoms with Crippen molar-refractivity contribution in [3.63, 3.8) is 0 Å². The van der Waals surface area contributed by atoms with Gasteiger partial charge in [0.1, 0.15) is 16.4 Å². The van der Waals surface area contributed by atoms with Gasteiger partial charge < -0.3 is 14.8 Å². The van der Waals surface area contributed by atoms with Crippen LogP contribution >= 0.6 is 11.3 Å². The monoisotopic (exact) mass is 457 g/mol. The maximum absolute atomic E-state index is 13.3. The summed E-state index contributed by atoms with van der Waals surface area (Å²) in [6.07, 6.45) is 0.282. The number of ether oxygens (including phenoxy) is 2. The highest BCUT2D eigenvalue weighted by atomic mass is 32.2. The van der Waals surface area contributed by atoms with Crippen LogP contribution in [0.3, 0.4) is 0 Å². The third-order valence-electron chi connectivity index (χ3n) is 5.05. The number of benzene rings is 2. The molecule has 1 aromatic heterocycles. The highest BCUT2D eigenvalue weighted by Crippen LogP contribution is 2.46. The average molecular weight is 458 g/mol. The second-order valence-corrected chi connectivity index (χ2v) is 10.4. The van der Waals surface area contributed by atoms with Crippen LogP contribution in [0.1, 0.15) is 36.6 Å². The Kier molecular flexibility index (Phi) is 5.77. The molecule has 1 atom stereocenters. The van der Waals surface area contributed by atoms with Gasteiger partial charge in [-0.15, -0.1) is 11.3 Å². The van der Waals surface area contributed by atoms with Crippen molar-refractivity contribution in [3.05, 3.63) is 64.4 Å². The van der Waals surface area contributed by atoms with E-state index in [-0.39, 0.29) is 34.1 Å². The zero-order chi connectivity index (χ0) is 22.2. The number of thiophene rings is 1. The molecule has 2 aromatic carbocycles. The van der Waals surface area contributed by atoms with Gasteiger partial charge in [-0.05, 0) is 55.8 Å². The third-order valence-corrected chi connectivity index (χ3v) is 8.09. The van der Waals surface area contributed by atoms with Crippen molar-refractivity contribution < 1.29 is 22.7 Å². The molecule has 8 heteroatoms. The summed E-state index contributed by atoms with van der Waals surface area (Å²) in [6.45, 7) is 3.91. The van der Waals surface area contributed by atoms with Crippen LogP contribution in [0.15, 0.2) is 63.7 Å². The van der Waals surface area contributed by atoms with Gasteiger partial charge in [-0.1, -0.05) is 12.1 Å². The highest BCUT2D eigenvalue weighted by molar-refractivity contribution is 7.91. The van der Waals surface area contributed by atoms with E-state index in [2.05, 4.69) is 5.32 Å². The van der Waals surface area contributed by atoms with Gasteiger partial charge in [-0.3, -0.25) is 4.79 Å². The van der Waals surface area contributed by atoms with E-state index in [1.165, 1.54) is 30.6 Å². The fraction of sp³-hybridized carbons (Fsp3) is 0.261. The lowest BCUT2D eigenvalue weighted by Gasteiger charge is -2.24. The lowest BCUT2D eigenvalue weighted by molar-refractivity contribution is -0.116. The summed E-state index contributed by atoms with van der Waals surface area (Å²) in [6, 6.07) is 13.9. The number of rotatable bonds is 6. The molecule has 4 rings (SSSR count). The van der Waals surface area contributed by atoms with Gasteiger partial charge in [0.15, 0.2) is 0 Å². The molecular weight excluding hydrogens is 434 g/mol. The molecule has 1 aliphatic heterocycles. The van der Waals surface area contributed by atoms with E-state index >= 15 is 0 Å². The van der Waals surface area contributed by atoms with Gasteiger partial charge in [-0.25, -0.2) is 8.42 Å². The summed E-state index contributed by atoms with van der Waals surface area (Å²) in [7, 11) is -2.28. The van der Waals surface area contributed by atoms with Gasteiger partial charge >= 0.3 is 0 Å². The Hall–Kier alpha value is -2.84. The Morgan fingerprint density at radius 2 is 1.84 bits per heavy atom. The molecule has 1 amide bonds. The molecule has 6 nitrogen and oxygen atoms in total. The number of hydrogen-bond acceptors (Lipinski definition) is 6. The second-order valence-electron chi connectivity index (χ2n) is 7.56. The maximum Gasteiger partial charge on any atom is 0.225 e. The minimum atomic E-state index is -3.80. The first-order valence-electron chi connectivity index (χ1n) is 9.86. The number of sulfone groups is 1. The van der Waals surface area contributed by atoms with E-state index < -0.39 is 9.84 Å². The van der Waals surface area contributed by atoms with E-state index in [1.807, 2.05) is 38.1 Å². The first-order valence-corrected chi connectivity index (χ1v) is 12.2. The van der Waals surface area contributed by atoms with E-state index in [9.17, 15) is 13.2 Å². The topological polar surface area (TPSA) is 81.7 Å². The summed E-state index contributed by atoms with van der Waals surface area (Å²) in [4.78, 5) is 13.6. The van der Waals surface area contributed by atoms with Crippen LogP contribution in [0.5, 0.6) is 11.5 Å². The minimum Gasteiger partial charge on any atom is -0.497 e. The SMILES string of the molecule is COc1ccc(S(=O)(=O)c2csc3c2NC(=O)CC3c2cccc(OC(C)C)c2)cc1. The van der Waals surface area contributed by atoms with Crippen LogP contribution in [-0.2, 0) is 14.6 Å². The summed E-state index contributed by atoms with van der Waals surface area (Å²) in [5.41, 5.74) is 1.29. The van der Waals surface area contributed by atoms with Crippen molar-refractivity contribution in [1.29, 1.82) is 0 Å². The third kappa shape index (κ3) is 4.18. The Morgan fingerprint density at radius 1 is 1.10 bits per heavy atom. The molecule has 1 aliphatic rings. The number of carbonyl (C=O) groups is 1. The standard InChI is InChI=1S/C23H23NO5S2/c1-14(2)29-17-6-4-5-15(11-17)19-12-21(25)24-22-20(13-30-23(19)22)31(26,27)18-9-7-16(28-3)8-10-18/h4-11,13-14,19H,12H2,1-3H3,(H,24,25). The Bertz CT molecular complexity index is 1210. The van der Waals surface area contributed by atoms with Crippen LogP contribution < -0.4 is 14.8 Å². The van der Waals surface area contributed by atoms with Crippen LogP contribution in [0.4, 0.5) is 5.69 Å². The molecule has 0 aliphatic carbocycles. The van der Waals surface area contributed by atoms with Crippen molar-refractivity contribution >= 4 is 32.8 Å². The lowest BCUT2D eigenvalue weighted by Crippen LogP contribution is -2.23. The Morgan fingerprint density at radius 3 is 2.52 bits per heavy atom. The molecule has 1 unspecified atom stereocenters. The molecule has 2 heterocycles. The number of nitrogens with one attached hydrogen (secondary N) is 1.